The maximum Gasteiger partial charge on any atom is 0.350 e. The summed E-state index contributed by atoms with van der Waals surface area (Å²) in [5.41, 5.74) is -1.18. The molecule has 2 atom stereocenters. The minimum atomic E-state index is -1.18. The topological polar surface area (TPSA) is 78.9 Å². The summed E-state index contributed by atoms with van der Waals surface area (Å²) in [7, 11) is 0. The smallest absolute Gasteiger partial charge is 0.350 e. The van der Waals surface area contributed by atoms with Gasteiger partial charge in [-0.3, -0.25) is 4.79 Å². The molecule has 2 unspecified atom stereocenters. The van der Waals surface area contributed by atoms with Gasteiger partial charge >= 0.3 is 17.9 Å². The molecule has 6 nitrogen and oxygen atoms in total. The van der Waals surface area contributed by atoms with E-state index in [1.165, 1.54) is 6.92 Å². The fourth-order valence-corrected chi connectivity index (χ4v) is 1.61. The van der Waals surface area contributed by atoms with Gasteiger partial charge in [-0.1, -0.05) is 6.58 Å². The molecule has 1 aliphatic heterocycles. The Morgan fingerprint density at radius 1 is 1.58 bits per heavy atom. The highest BCUT2D eigenvalue weighted by molar-refractivity contribution is 5.84. The van der Waals surface area contributed by atoms with Gasteiger partial charge in [0.05, 0.1) is 12.7 Å². The molecule has 106 valence electrons. The first-order chi connectivity index (χ1) is 8.87. The van der Waals surface area contributed by atoms with E-state index in [-0.39, 0.29) is 13.0 Å². The summed E-state index contributed by atoms with van der Waals surface area (Å²) < 4.78 is 14.8. The highest BCUT2D eigenvalue weighted by Crippen LogP contribution is 2.24. The van der Waals surface area contributed by atoms with Gasteiger partial charge in [-0.05, 0) is 20.3 Å². The van der Waals surface area contributed by atoms with Gasteiger partial charge in [0.15, 0.2) is 0 Å². The lowest BCUT2D eigenvalue weighted by Crippen LogP contribution is -2.36. The van der Waals surface area contributed by atoms with Gasteiger partial charge in [0, 0.05) is 18.9 Å². The van der Waals surface area contributed by atoms with Crippen LogP contribution in [-0.4, -0.2) is 36.2 Å². The van der Waals surface area contributed by atoms with Crippen LogP contribution in [0.1, 0.15) is 33.1 Å². The first-order valence-electron chi connectivity index (χ1n) is 6.09. The lowest BCUT2D eigenvalue weighted by atomic mass is 10.1. The van der Waals surface area contributed by atoms with Crippen molar-refractivity contribution in [3.63, 3.8) is 0 Å². The predicted octanol–water partition coefficient (Wildman–Crippen LogP) is 1.13. The Morgan fingerprint density at radius 2 is 2.26 bits per heavy atom. The van der Waals surface area contributed by atoms with E-state index in [4.69, 9.17) is 14.2 Å². The van der Waals surface area contributed by atoms with Gasteiger partial charge in [-0.15, -0.1) is 0 Å². The summed E-state index contributed by atoms with van der Waals surface area (Å²) in [6.45, 7) is 6.73. The molecule has 1 fully saturated rings. The molecule has 0 N–H and O–H groups in total. The second-order valence-corrected chi connectivity index (χ2v) is 4.58. The number of carbonyl (C=O) groups is 3. The number of esters is 3. The number of carbonyl (C=O) groups excluding carboxylic acids is 3. The van der Waals surface area contributed by atoms with E-state index in [1.54, 1.807) is 6.92 Å². The Kier molecular flexibility index (Phi) is 5.09. The summed E-state index contributed by atoms with van der Waals surface area (Å²) in [6.07, 6.45) is 1.39. The fourth-order valence-electron chi connectivity index (χ4n) is 1.61. The minimum absolute atomic E-state index is 0.0639. The zero-order valence-corrected chi connectivity index (χ0v) is 11.1. The molecular weight excluding hydrogens is 252 g/mol. The first kappa shape index (κ1) is 15.2. The third-order valence-corrected chi connectivity index (χ3v) is 2.82. The van der Waals surface area contributed by atoms with Gasteiger partial charge in [0.1, 0.15) is 0 Å². The molecule has 0 aromatic carbocycles. The largest absolute Gasteiger partial charge is 0.463 e. The number of cyclic esters (lactones) is 1. The molecule has 0 aromatic rings. The highest BCUT2D eigenvalue weighted by atomic mass is 16.6. The quantitative estimate of drug-likeness (QED) is 0.409. The first-order valence-corrected chi connectivity index (χ1v) is 6.09. The van der Waals surface area contributed by atoms with Gasteiger partial charge < -0.3 is 14.2 Å². The van der Waals surface area contributed by atoms with Crippen LogP contribution in [0.15, 0.2) is 12.7 Å². The molecule has 0 amide bonds. The lowest BCUT2D eigenvalue weighted by molar-refractivity contribution is -0.171. The third-order valence-electron chi connectivity index (χ3n) is 2.82. The summed E-state index contributed by atoms with van der Waals surface area (Å²) in [5.74, 6) is -1.57. The van der Waals surface area contributed by atoms with Gasteiger partial charge in [0.2, 0.25) is 5.60 Å². The second kappa shape index (κ2) is 6.36. The average Bonchev–Trinajstić information content (AvgIpc) is 2.66. The van der Waals surface area contributed by atoms with Crippen LogP contribution in [0.3, 0.4) is 0 Å². The second-order valence-electron chi connectivity index (χ2n) is 4.58. The van der Waals surface area contributed by atoms with Crippen LogP contribution in [0, 0.1) is 0 Å². The molecule has 0 radical (unpaired) electrons. The van der Waals surface area contributed by atoms with E-state index < -0.39 is 29.6 Å². The molecular formula is C13H18O6. The average molecular weight is 270 g/mol. The molecule has 6 heteroatoms. The number of hydrogen-bond acceptors (Lipinski definition) is 6. The molecule has 0 bridgehead atoms. The summed E-state index contributed by atoms with van der Waals surface area (Å²) >= 11 is 0. The van der Waals surface area contributed by atoms with E-state index in [2.05, 4.69) is 6.58 Å². The lowest BCUT2D eigenvalue weighted by Gasteiger charge is -2.20. The Morgan fingerprint density at radius 3 is 2.79 bits per heavy atom. The van der Waals surface area contributed by atoms with Crippen LogP contribution in [0.2, 0.25) is 0 Å². The predicted molar refractivity (Wildman–Crippen MR) is 65.1 cm³/mol. The zero-order chi connectivity index (χ0) is 14.5. The van der Waals surface area contributed by atoms with E-state index >= 15 is 0 Å². The zero-order valence-electron chi connectivity index (χ0n) is 11.1. The molecule has 19 heavy (non-hydrogen) atoms. The van der Waals surface area contributed by atoms with Crippen LogP contribution in [0.25, 0.3) is 0 Å². The van der Waals surface area contributed by atoms with E-state index in [9.17, 15) is 14.4 Å². The molecule has 1 rings (SSSR count). The molecule has 1 aliphatic rings. The Bertz CT molecular complexity index is 389. The van der Waals surface area contributed by atoms with Crippen molar-refractivity contribution in [3.05, 3.63) is 12.7 Å². The highest BCUT2D eigenvalue weighted by Gasteiger charge is 2.43. The van der Waals surface area contributed by atoms with Crippen molar-refractivity contribution in [2.75, 3.05) is 6.61 Å². The molecule has 0 aromatic heterocycles. The third kappa shape index (κ3) is 4.39. The van der Waals surface area contributed by atoms with Gasteiger partial charge in [-0.25, -0.2) is 9.59 Å². The van der Waals surface area contributed by atoms with E-state index in [0.717, 1.165) is 6.08 Å². The summed E-state index contributed by atoms with van der Waals surface area (Å²) in [6, 6.07) is 0. The van der Waals surface area contributed by atoms with Gasteiger partial charge in [0.25, 0.3) is 0 Å². The molecule has 0 aliphatic carbocycles. The van der Waals surface area contributed by atoms with Crippen LogP contribution in [-0.2, 0) is 28.6 Å². The van der Waals surface area contributed by atoms with Crippen molar-refractivity contribution < 1.29 is 28.6 Å². The van der Waals surface area contributed by atoms with Gasteiger partial charge in [-0.2, -0.15) is 0 Å². The Balaban J connectivity index is 2.34. The van der Waals surface area contributed by atoms with Crippen molar-refractivity contribution >= 4 is 17.9 Å². The molecule has 0 saturated carbocycles. The number of hydrogen-bond donors (Lipinski definition) is 0. The van der Waals surface area contributed by atoms with Crippen molar-refractivity contribution in [1.82, 2.24) is 0 Å². The summed E-state index contributed by atoms with van der Waals surface area (Å²) in [4.78, 5) is 33.9. The standard InChI is InChI=1S/C13H18O6/c1-4-10(14)18-9(2)5-6-11(15)19-13(3)7-8-17-12(13)16/h4,9H,1,5-8H2,2-3H3. The van der Waals surface area contributed by atoms with E-state index in [1.807, 2.05) is 0 Å². The maximum absolute atomic E-state index is 11.6. The van der Waals surface area contributed by atoms with Crippen molar-refractivity contribution in [2.24, 2.45) is 0 Å². The van der Waals surface area contributed by atoms with Crippen molar-refractivity contribution in [2.45, 2.75) is 44.8 Å². The molecule has 0 spiro atoms. The molecule has 1 saturated heterocycles. The van der Waals surface area contributed by atoms with Crippen molar-refractivity contribution in [3.8, 4) is 0 Å². The number of ether oxygens (including phenoxy) is 3. The fraction of sp³-hybridized carbons (Fsp3) is 0.615. The summed E-state index contributed by atoms with van der Waals surface area (Å²) in [5, 5.41) is 0. The molecule has 1 heterocycles. The monoisotopic (exact) mass is 270 g/mol. The maximum atomic E-state index is 11.6. The van der Waals surface area contributed by atoms with Crippen molar-refractivity contribution in [1.29, 1.82) is 0 Å². The Hall–Kier alpha value is -1.85. The van der Waals surface area contributed by atoms with Crippen LogP contribution < -0.4 is 0 Å². The van der Waals surface area contributed by atoms with Crippen LogP contribution in [0.4, 0.5) is 0 Å². The normalized spacial score (nSPS) is 23.4. The SMILES string of the molecule is C=CC(=O)OC(C)CCC(=O)OC1(C)CCOC1=O. The Labute approximate surface area is 111 Å². The van der Waals surface area contributed by atoms with Crippen LogP contribution in [0.5, 0.6) is 0 Å². The number of rotatable bonds is 6. The van der Waals surface area contributed by atoms with Crippen LogP contribution >= 0.6 is 0 Å². The minimum Gasteiger partial charge on any atom is -0.463 e. The van der Waals surface area contributed by atoms with E-state index in [0.29, 0.717) is 12.8 Å².